The lowest BCUT2D eigenvalue weighted by Gasteiger charge is -2.46. The third-order valence-corrected chi connectivity index (χ3v) is 5.09. The van der Waals surface area contributed by atoms with Gasteiger partial charge in [-0.1, -0.05) is 0 Å². The minimum atomic E-state index is -1.72. The molecule has 3 rings (SSSR count). The lowest BCUT2D eigenvalue weighted by molar-refractivity contribution is -0.759. The van der Waals surface area contributed by atoms with E-state index in [-0.39, 0.29) is 5.88 Å². The molecule has 1 aromatic rings. The Bertz CT molecular complexity index is 1040. The summed E-state index contributed by atoms with van der Waals surface area (Å²) in [4.78, 5) is 51.9. The van der Waals surface area contributed by atoms with Gasteiger partial charge in [0.1, 0.15) is 12.7 Å². The lowest BCUT2D eigenvalue weighted by atomic mass is 9.98. The van der Waals surface area contributed by atoms with Crippen molar-refractivity contribution in [3.63, 3.8) is 0 Å². The maximum absolute atomic E-state index is 12.6. The second-order valence-electron chi connectivity index (χ2n) is 8.09. The summed E-state index contributed by atoms with van der Waals surface area (Å²) in [5.74, 6) is -3.39. The molecule has 0 aromatic carbocycles. The van der Waals surface area contributed by atoms with Crippen molar-refractivity contribution in [1.82, 2.24) is 5.27 Å². The highest BCUT2D eigenvalue weighted by Gasteiger charge is 2.51. The van der Waals surface area contributed by atoms with Crippen molar-refractivity contribution in [3.8, 4) is 0 Å². The van der Waals surface area contributed by atoms with Crippen LogP contribution in [-0.4, -0.2) is 98.8 Å². The molecule has 1 aromatic heterocycles. The van der Waals surface area contributed by atoms with Crippen LogP contribution in [0.3, 0.4) is 0 Å². The number of carbonyl (C=O) groups excluding carboxylic acids is 4. The highest BCUT2D eigenvalue weighted by Crippen LogP contribution is 2.30. The van der Waals surface area contributed by atoms with Crippen molar-refractivity contribution in [2.24, 2.45) is 4.99 Å². The summed E-state index contributed by atoms with van der Waals surface area (Å²) >= 11 is 0. The molecule has 210 valence electrons. The first kappa shape index (κ1) is 28.6. The number of ether oxygens (including phenoxy) is 7. The number of rotatable bonds is 8. The Morgan fingerprint density at radius 2 is 1.58 bits per heavy atom. The van der Waals surface area contributed by atoms with Gasteiger partial charge in [-0.2, -0.15) is 4.99 Å². The maximum Gasteiger partial charge on any atom is 0.326 e. The second kappa shape index (κ2) is 13.0. The van der Waals surface area contributed by atoms with Gasteiger partial charge in [-0.25, -0.2) is 0 Å². The number of nitrogens with zero attached hydrogens (tertiary/aromatic N) is 4. The molecule has 0 spiro atoms. The fourth-order valence-corrected chi connectivity index (χ4v) is 3.67. The van der Waals surface area contributed by atoms with E-state index >= 15 is 0 Å². The molecule has 0 N–H and O–H groups in total. The molecule has 5 atom stereocenters. The molecule has 2 saturated heterocycles. The molecule has 0 bridgehead atoms. The van der Waals surface area contributed by atoms with Gasteiger partial charge in [0.05, 0.1) is 31.1 Å². The molecule has 0 aliphatic carbocycles. The standard InChI is InChI=1S/C21H28N4O13/c1-11(26)32-10-15-17(33-12(2)27)18(34-13(3)28)19(35-14(4)29)20(36-15)37-21(30)22-16-9-25(23-38-16)24-5-7-31-8-6-24/h9,15,17-20H,5-8,10H2,1-4H3/t15-,17+,18+,19-,20+/m1/s1. The van der Waals surface area contributed by atoms with Gasteiger partial charge in [-0.3, -0.25) is 23.7 Å². The van der Waals surface area contributed by atoms with E-state index in [1.165, 1.54) is 11.0 Å². The molecule has 3 heterocycles. The smallest absolute Gasteiger partial charge is 0.326 e. The fraction of sp³-hybridized carbons (Fsp3) is 0.667. The largest absolute Gasteiger partial charge is 0.569 e. The Balaban J connectivity index is 1.87. The number of hydrogen-bond donors (Lipinski definition) is 0. The first-order valence-electron chi connectivity index (χ1n) is 11.5. The zero-order chi connectivity index (χ0) is 27.8. The Morgan fingerprint density at radius 1 is 0.974 bits per heavy atom. The average molecular weight is 544 g/mol. The third-order valence-electron chi connectivity index (χ3n) is 5.09. The molecule has 0 amide bonds. The predicted molar refractivity (Wildman–Crippen MR) is 116 cm³/mol. The molecular formula is C21H28N4O13. The van der Waals surface area contributed by atoms with E-state index in [4.69, 9.17) is 37.7 Å². The number of hydrogen-bond acceptors (Lipinski definition) is 16. The van der Waals surface area contributed by atoms with Gasteiger partial charge in [0.25, 0.3) is 6.20 Å². The van der Waals surface area contributed by atoms with Gasteiger partial charge in [0.15, 0.2) is 30.7 Å². The molecule has 17 nitrogen and oxygen atoms in total. The molecule has 0 radical (unpaired) electrons. The summed E-state index contributed by atoms with van der Waals surface area (Å²) in [6.07, 6.45) is -7.39. The van der Waals surface area contributed by atoms with Crippen molar-refractivity contribution in [2.75, 3.05) is 37.9 Å². The molecular weight excluding hydrogens is 516 g/mol. The molecule has 38 heavy (non-hydrogen) atoms. The van der Waals surface area contributed by atoms with Crippen LogP contribution >= 0.6 is 0 Å². The van der Waals surface area contributed by atoms with E-state index in [1.807, 2.05) is 0 Å². The summed E-state index contributed by atoms with van der Waals surface area (Å²) in [5.41, 5.74) is 0. The topological polar surface area (TPSA) is 201 Å². The Morgan fingerprint density at radius 3 is 2.18 bits per heavy atom. The summed E-state index contributed by atoms with van der Waals surface area (Å²) in [6, 6.07) is 0. The van der Waals surface area contributed by atoms with Gasteiger partial charge >= 0.3 is 29.8 Å². The van der Waals surface area contributed by atoms with E-state index in [0.717, 1.165) is 27.7 Å². The van der Waals surface area contributed by atoms with E-state index < -0.39 is 67.3 Å². The number of carbonyl (C=O) groups is 4. The highest BCUT2D eigenvalue weighted by molar-refractivity contribution is 5.69. The Kier molecular flexibility index (Phi) is 9.78. The number of morpholine rings is 1. The number of esters is 4. The molecule has 2 fully saturated rings. The van der Waals surface area contributed by atoms with Crippen LogP contribution in [0.15, 0.2) is 15.7 Å². The summed E-state index contributed by atoms with van der Waals surface area (Å²) < 4.78 is 42.0. The van der Waals surface area contributed by atoms with Gasteiger partial charge in [-0.15, -0.1) is 5.01 Å². The molecule has 0 saturated carbocycles. The van der Waals surface area contributed by atoms with Crippen molar-refractivity contribution < 1.29 is 66.8 Å². The SMILES string of the molecule is CC(=O)OC[C@H]1O[C@@H](O/C([O-])=N/c2c[n+](N3CCOCC3)no2)[C@H](OC(C)=O)[C@@H](OC(C)=O)[C@H]1OC(C)=O. The first-order chi connectivity index (χ1) is 18.0. The van der Waals surface area contributed by atoms with Crippen LogP contribution in [0.5, 0.6) is 0 Å². The van der Waals surface area contributed by atoms with Gasteiger partial charge in [0.2, 0.25) is 5.27 Å². The zero-order valence-electron chi connectivity index (χ0n) is 21.1. The Hall–Kier alpha value is -3.99. The molecule has 2 aliphatic rings. The van der Waals surface area contributed by atoms with E-state index in [2.05, 4.69) is 10.3 Å². The van der Waals surface area contributed by atoms with Crippen LogP contribution in [0.4, 0.5) is 5.88 Å². The molecule has 17 heteroatoms. The number of aromatic nitrogens is 2. The Labute approximate surface area is 216 Å². The second-order valence-corrected chi connectivity index (χ2v) is 8.09. The van der Waals surface area contributed by atoms with Crippen LogP contribution in [0, 0.1) is 0 Å². The zero-order valence-corrected chi connectivity index (χ0v) is 21.1. The van der Waals surface area contributed by atoms with Crippen LogP contribution in [0.1, 0.15) is 27.7 Å². The average Bonchev–Trinajstić information content (AvgIpc) is 3.29. The maximum atomic E-state index is 12.6. The highest BCUT2D eigenvalue weighted by atomic mass is 16.8. The first-order valence-corrected chi connectivity index (χ1v) is 11.5. The predicted octanol–water partition coefficient (Wildman–Crippen LogP) is -2.62. The van der Waals surface area contributed by atoms with Crippen LogP contribution in [0.25, 0.3) is 0 Å². The quantitative estimate of drug-likeness (QED) is 0.108. The normalized spacial score (nSPS) is 25.7. The van der Waals surface area contributed by atoms with Crippen LogP contribution in [-0.2, 0) is 52.3 Å². The van der Waals surface area contributed by atoms with Crippen LogP contribution < -0.4 is 14.9 Å². The van der Waals surface area contributed by atoms with E-state index in [9.17, 15) is 24.3 Å². The lowest BCUT2D eigenvalue weighted by Crippen LogP contribution is -2.63. The summed E-state index contributed by atoms with van der Waals surface area (Å²) in [5, 5.41) is 18.2. The summed E-state index contributed by atoms with van der Waals surface area (Å²) in [7, 11) is 0. The monoisotopic (exact) mass is 544 g/mol. The van der Waals surface area contributed by atoms with Gasteiger partial charge < -0.3 is 38.3 Å². The van der Waals surface area contributed by atoms with Crippen molar-refractivity contribution in [2.45, 2.75) is 58.4 Å². The van der Waals surface area contributed by atoms with Gasteiger partial charge in [0, 0.05) is 27.7 Å². The summed E-state index contributed by atoms with van der Waals surface area (Å²) in [6.45, 7) is 5.89. The molecule has 2 aliphatic heterocycles. The van der Waals surface area contributed by atoms with Crippen molar-refractivity contribution in [1.29, 1.82) is 0 Å². The van der Waals surface area contributed by atoms with Gasteiger partial charge in [-0.05, 0) is 0 Å². The molecule has 0 unspecified atom stereocenters. The van der Waals surface area contributed by atoms with E-state index in [0.29, 0.717) is 26.3 Å². The van der Waals surface area contributed by atoms with E-state index in [1.54, 1.807) is 5.01 Å². The minimum Gasteiger partial charge on any atom is -0.569 e. The van der Waals surface area contributed by atoms with Crippen LogP contribution in [0.2, 0.25) is 0 Å². The third kappa shape index (κ3) is 8.01. The van der Waals surface area contributed by atoms with Crippen molar-refractivity contribution in [3.05, 3.63) is 6.20 Å². The minimum absolute atomic E-state index is 0.216. The number of aliphatic imine (C=N–C) groups is 1. The fourth-order valence-electron chi connectivity index (χ4n) is 3.67. The van der Waals surface area contributed by atoms with Crippen molar-refractivity contribution >= 4 is 35.8 Å².